The van der Waals surface area contributed by atoms with E-state index in [0.717, 1.165) is 27.0 Å². The molecule has 3 aromatic heterocycles. The summed E-state index contributed by atoms with van der Waals surface area (Å²) in [6.07, 6.45) is 3.49. The molecule has 1 amide bonds. The highest BCUT2D eigenvalue weighted by molar-refractivity contribution is 7.13. The number of aryl methyl sites for hydroxylation is 1. The number of carbonyl (C=O) groups excluding carboxylic acids is 1. The van der Waals surface area contributed by atoms with Gasteiger partial charge in [0.05, 0.1) is 29.8 Å². The molecular formula is C19H16N2O3S. The molecule has 0 atom stereocenters. The summed E-state index contributed by atoms with van der Waals surface area (Å²) in [5, 5.41) is 5.82. The van der Waals surface area contributed by atoms with E-state index in [0.29, 0.717) is 18.1 Å². The van der Waals surface area contributed by atoms with E-state index in [-0.39, 0.29) is 12.3 Å². The molecule has 0 radical (unpaired) electrons. The Morgan fingerprint density at radius 3 is 3.00 bits per heavy atom. The molecule has 0 unspecified atom stereocenters. The SMILES string of the molecule is Cc1ccc2c(CC(=O)NCc3coc(-c4cccs4)n3)coc2c1. The summed E-state index contributed by atoms with van der Waals surface area (Å²) in [6, 6.07) is 9.87. The zero-order valence-electron chi connectivity index (χ0n) is 13.6. The van der Waals surface area contributed by atoms with Gasteiger partial charge in [0.15, 0.2) is 0 Å². The van der Waals surface area contributed by atoms with Crippen molar-refractivity contribution in [2.75, 3.05) is 0 Å². The highest BCUT2D eigenvalue weighted by Crippen LogP contribution is 2.24. The van der Waals surface area contributed by atoms with Crippen molar-refractivity contribution in [1.29, 1.82) is 0 Å². The number of hydrogen-bond donors (Lipinski definition) is 1. The minimum atomic E-state index is -0.0797. The summed E-state index contributed by atoms with van der Waals surface area (Å²) in [4.78, 5) is 17.6. The fourth-order valence-electron chi connectivity index (χ4n) is 2.65. The van der Waals surface area contributed by atoms with E-state index in [4.69, 9.17) is 8.83 Å². The van der Waals surface area contributed by atoms with E-state index in [1.54, 1.807) is 23.9 Å². The van der Waals surface area contributed by atoms with Crippen LogP contribution < -0.4 is 5.32 Å². The first-order valence-corrected chi connectivity index (χ1v) is 8.79. The Labute approximate surface area is 148 Å². The first-order valence-electron chi connectivity index (χ1n) is 7.91. The third kappa shape index (κ3) is 3.34. The monoisotopic (exact) mass is 352 g/mol. The fourth-order valence-corrected chi connectivity index (χ4v) is 3.31. The normalized spacial score (nSPS) is 11.1. The maximum absolute atomic E-state index is 12.2. The Morgan fingerprint density at radius 1 is 1.24 bits per heavy atom. The van der Waals surface area contributed by atoms with Gasteiger partial charge in [-0.2, -0.15) is 0 Å². The number of thiophene rings is 1. The maximum Gasteiger partial charge on any atom is 0.236 e. The molecule has 0 fully saturated rings. The number of furan rings is 1. The van der Waals surface area contributed by atoms with E-state index in [1.807, 2.05) is 42.6 Å². The van der Waals surface area contributed by atoms with E-state index in [1.165, 1.54) is 0 Å². The van der Waals surface area contributed by atoms with Crippen molar-refractivity contribution in [1.82, 2.24) is 10.3 Å². The molecule has 1 N–H and O–H groups in total. The van der Waals surface area contributed by atoms with E-state index in [2.05, 4.69) is 10.3 Å². The number of nitrogens with one attached hydrogen (secondary N) is 1. The number of aromatic nitrogens is 1. The van der Waals surface area contributed by atoms with E-state index in [9.17, 15) is 4.79 Å². The molecule has 25 heavy (non-hydrogen) atoms. The standard InChI is InChI=1S/C19H16N2O3S/c1-12-4-5-15-13(10-23-16(15)7-12)8-18(22)20-9-14-11-24-19(21-14)17-3-2-6-25-17/h2-7,10-11H,8-9H2,1H3,(H,20,22). The molecule has 126 valence electrons. The number of oxazole rings is 1. The van der Waals surface area contributed by atoms with Crippen LogP contribution in [0.3, 0.4) is 0 Å². The van der Waals surface area contributed by atoms with Gasteiger partial charge in [-0.3, -0.25) is 4.79 Å². The van der Waals surface area contributed by atoms with Gasteiger partial charge in [0, 0.05) is 10.9 Å². The van der Waals surface area contributed by atoms with E-state index >= 15 is 0 Å². The Bertz CT molecular complexity index is 1010. The van der Waals surface area contributed by atoms with Gasteiger partial charge >= 0.3 is 0 Å². The van der Waals surface area contributed by atoms with Gasteiger partial charge in [0.2, 0.25) is 11.8 Å². The second-order valence-corrected chi connectivity index (χ2v) is 6.78. The van der Waals surface area contributed by atoms with Crippen LogP contribution in [0, 0.1) is 6.92 Å². The van der Waals surface area contributed by atoms with Crippen LogP contribution in [0.2, 0.25) is 0 Å². The molecule has 0 saturated carbocycles. The molecule has 6 heteroatoms. The van der Waals surface area contributed by atoms with Crippen LogP contribution in [0.4, 0.5) is 0 Å². The van der Waals surface area contributed by atoms with Gasteiger partial charge < -0.3 is 14.2 Å². The predicted octanol–water partition coefficient (Wildman–Crippen LogP) is 4.32. The van der Waals surface area contributed by atoms with Crippen LogP contribution in [0.15, 0.2) is 57.1 Å². The van der Waals surface area contributed by atoms with Gasteiger partial charge in [0.1, 0.15) is 11.8 Å². The second-order valence-electron chi connectivity index (χ2n) is 5.84. The van der Waals surface area contributed by atoms with Crippen molar-refractivity contribution >= 4 is 28.2 Å². The quantitative estimate of drug-likeness (QED) is 0.581. The lowest BCUT2D eigenvalue weighted by atomic mass is 10.1. The number of nitrogens with zero attached hydrogens (tertiary/aromatic N) is 1. The van der Waals surface area contributed by atoms with Crippen LogP contribution in [0.5, 0.6) is 0 Å². The third-order valence-electron chi connectivity index (χ3n) is 3.91. The van der Waals surface area contributed by atoms with Gasteiger partial charge in [-0.05, 0) is 30.0 Å². The summed E-state index contributed by atoms with van der Waals surface area (Å²) in [6.45, 7) is 2.35. The molecule has 4 aromatic rings. The summed E-state index contributed by atoms with van der Waals surface area (Å²) in [5.41, 5.74) is 3.52. The molecule has 4 rings (SSSR count). The van der Waals surface area contributed by atoms with Crippen molar-refractivity contribution in [2.45, 2.75) is 19.9 Å². The molecule has 5 nitrogen and oxygen atoms in total. The lowest BCUT2D eigenvalue weighted by molar-refractivity contribution is -0.120. The molecule has 0 spiro atoms. The lowest BCUT2D eigenvalue weighted by Crippen LogP contribution is -2.24. The highest BCUT2D eigenvalue weighted by atomic mass is 32.1. The second kappa shape index (κ2) is 6.57. The average molecular weight is 352 g/mol. The smallest absolute Gasteiger partial charge is 0.236 e. The number of amides is 1. The Hall–Kier alpha value is -2.86. The Kier molecular flexibility index (Phi) is 4.11. The minimum Gasteiger partial charge on any atom is -0.464 e. The zero-order chi connectivity index (χ0) is 17.2. The maximum atomic E-state index is 12.2. The molecule has 0 bridgehead atoms. The predicted molar refractivity (Wildman–Crippen MR) is 96.3 cm³/mol. The first kappa shape index (κ1) is 15.7. The molecule has 0 aliphatic rings. The summed E-state index contributed by atoms with van der Waals surface area (Å²) in [5.74, 6) is 0.499. The molecule has 0 saturated heterocycles. The van der Waals surface area contributed by atoms with Crippen molar-refractivity contribution in [3.05, 3.63) is 65.1 Å². The third-order valence-corrected chi connectivity index (χ3v) is 4.77. The molecular weight excluding hydrogens is 336 g/mol. The fraction of sp³-hybridized carbons (Fsp3) is 0.158. The average Bonchev–Trinajstić information content (AvgIpc) is 3.33. The number of hydrogen-bond acceptors (Lipinski definition) is 5. The van der Waals surface area contributed by atoms with Crippen LogP contribution >= 0.6 is 11.3 Å². The largest absolute Gasteiger partial charge is 0.464 e. The van der Waals surface area contributed by atoms with Crippen LogP contribution in [-0.2, 0) is 17.8 Å². The number of benzene rings is 1. The van der Waals surface area contributed by atoms with Crippen molar-refractivity contribution in [3.8, 4) is 10.8 Å². The van der Waals surface area contributed by atoms with E-state index < -0.39 is 0 Å². The first-order chi connectivity index (χ1) is 12.2. The van der Waals surface area contributed by atoms with Crippen molar-refractivity contribution < 1.29 is 13.6 Å². The van der Waals surface area contributed by atoms with Gasteiger partial charge in [-0.25, -0.2) is 4.98 Å². The number of fused-ring (bicyclic) bond motifs is 1. The van der Waals surface area contributed by atoms with Gasteiger partial charge in [-0.1, -0.05) is 18.2 Å². The van der Waals surface area contributed by atoms with Crippen LogP contribution in [-0.4, -0.2) is 10.9 Å². The van der Waals surface area contributed by atoms with Gasteiger partial charge in [-0.15, -0.1) is 11.3 Å². The summed E-state index contributed by atoms with van der Waals surface area (Å²) >= 11 is 1.56. The lowest BCUT2D eigenvalue weighted by Gasteiger charge is -2.02. The van der Waals surface area contributed by atoms with Crippen molar-refractivity contribution in [2.24, 2.45) is 0 Å². The Morgan fingerprint density at radius 2 is 2.16 bits per heavy atom. The van der Waals surface area contributed by atoms with Crippen LogP contribution in [0.1, 0.15) is 16.8 Å². The number of rotatable bonds is 5. The Balaban J connectivity index is 1.39. The zero-order valence-corrected chi connectivity index (χ0v) is 14.4. The van der Waals surface area contributed by atoms with Crippen LogP contribution in [0.25, 0.3) is 21.7 Å². The topological polar surface area (TPSA) is 68.3 Å². The number of carbonyl (C=O) groups is 1. The molecule has 1 aromatic carbocycles. The van der Waals surface area contributed by atoms with Crippen molar-refractivity contribution in [3.63, 3.8) is 0 Å². The molecule has 0 aliphatic carbocycles. The van der Waals surface area contributed by atoms with Gasteiger partial charge in [0.25, 0.3) is 0 Å². The molecule has 3 heterocycles. The highest BCUT2D eigenvalue weighted by Gasteiger charge is 2.12. The molecule has 0 aliphatic heterocycles. The minimum absolute atomic E-state index is 0.0797. The summed E-state index contributed by atoms with van der Waals surface area (Å²) in [7, 11) is 0. The summed E-state index contributed by atoms with van der Waals surface area (Å²) < 4.78 is 11.0.